The van der Waals surface area contributed by atoms with Crippen LogP contribution in [0.5, 0.6) is 0 Å². The summed E-state index contributed by atoms with van der Waals surface area (Å²) in [6.07, 6.45) is 0. The largest absolute Gasteiger partial charge is 1.00 e. The van der Waals surface area contributed by atoms with Crippen molar-refractivity contribution in [3.05, 3.63) is 0 Å². The topological polar surface area (TPSA) is 69.9 Å². The van der Waals surface area contributed by atoms with Gasteiger partial charge in [-0.1, -0.05) is 0 Å². The Morgan fingerprint density at radius 3 is 1.43 bits per heavy atom. The Hall–Kier alpha value is 1.47. The minimum Gasteiger partial charge on any atom is -0.881 e. The van der Waals surface area contributed by atoms with Crippen LogP contribution in [0.4, 0.5) is 0 Å². The van der Waals surface area contributed by atoms with Crippen LogP contribution in [0.15, 0.2) is 0 Å². The summed E-state index contributed by atoms with van der Waals surface area (Å²) in [6, 6.07) is 0. The Kier molecular flexibility index (Phi) is 23.6. The normalized spacial score (nSPS) is 4.14. The van der Waals surface area contributed by atoms with Crippen molar-refractivity contribution in [1.29, 1.82) is 5.26 Å². The molecule has 0 spiro atoms. The van der Waals surface area contributed by atoms with Gasteiger partial charge in [0.2, 0.25) is 0 Å². The number of nitrogens with zero attached hydrogens (tertiary/aromatic N) is 1. The van der Waals surface area contributed by atoms with E-state index in [2.05, 4.69) is 0 Å². The van der Waals surface area contributed by atoms with E-state index in [0.717, 1.165) is 5.97 Å². The Balaban J connectivity index is -0.0000000800. The van der Waals surface area contributed by atoms with Gasteiger partial charge in [-0.25, -0.2) is 5.26 Å². The zero-order valence-corrected chi connectivity index (χ0v) is 8.34. The Labute approximate surface area is 86.4 Å². The molecule has 0 unspecified atom stereocenters. The molecular formula is CBNNa2O2. The molecule has 0 radical (unpaired) electrons. The molecule has 0 aromatic heterocycles. The van der Waals surface area contributed by atoms with Crippen LogP contribution in [0.1, 0.15) is 0 Å². The molecule has 6 heteroatoms. The maximum absolute atomic E-state index is 8.98. The van der Waals surface area contributed by atoms with Gasteiger partial charge in [0.25, 0.3) is 0 Å². The number of hydrogen-bond donors (Lipinski definition) is 0. The van der Waals surface area contributed by atoms with E-state index < -0.39 is 7.12 Å². The van der Waals surface area contributed by atoms with E-state index in [1.165, 1.54) is 0 Å². The molecule has 0 aliphatic heterocycles. The van der Waals surface area contributed by atoms with Crippen molar-refractivity contribution in [3.8, 4) is 5.97 Å². The SMILES string of the molecule is N#CB([O-])[O-].[Na+].[Na+]. The van der Waals surface area contributed by atoms with E-state index in [1.807, 2.05) is 0 Å². The smallest absolute Gasteiger partial charge is 0.881 e. The molecule has 0 rings (SSSR count). The third-order valence-corrected chi connectivity index (χ3v) is 0.105. The predicted molar refractivity (Wildman–Crippen MR) is 11.4 cm³/mol. The molecule has 0 saturated heterocycles. The molecule has 0 heterocycles. The maximum Gasteiger partial charge on any atom is 1.00 e. The van der Waals surface area contributed by atoms with Crippen molar-refractivity contribution in [3.63, 3.8) is 0 Å². The second-order valence-electron chi connectivity index (χ2n) is 0.461. The van der Waals surface area contributed by atoms with Crippen molar-refractivity contribution in [1.82, 2.24) is 0 Å². The van der Waals surface area contributed by atoms with E-state index in [0.29, 0.717) is 0 Å². The van der Waals surface area contributed by atoms with Crippen LogP contribution in [-0.2, 0) is 0 Å². The molecule has 0 bridgehead atoms. The molecule has 0 saturated carbocycles. The van der Waals surface area contributed by atoms with Gasteiger partial charge in [-0.3, -0.25) is 0 Å². The Morgan fingerprint density at radius 1 is 1.29 bits per heavy atom. The molecule has 0 N–H and O–H groups in total. The van der Waals surface area contributed by atoms with Gasteiger partial charge >= 0.3 is 59.1 Å². The second-order valence-corrected chi connectivity index (χ2v) is 0.461. The molecule has 0 atom stereocenters. The first-order valence-corrected chi connectivity index (χ1v) is 0.984. The van der Waals surface area contributed by atoms with E-state index in [-0.39, 0.29) is 59.1 Å². The fourth-order valence-electron chi connectivity index (χ4n) is 0. The standard InChI is InChI=1S/CBNO2.2Na/c3-1-2(4)5;;/q-2;2*+1. The number of nitriles is 1. The van der Waals surface area contributed by atoms with Crippen LogP contribution >= 0.6 is 0 Å². The number of hydrogen-bond acceptors (Lipinski definition) is 3. The zero-order valence-electron chi connectivity index (χ0n) is 4.34. The van der Waals surface area contributed by atoms with Crippen molar-refractivity contribution >= 4 is 7.12 Å². The molecule has 7 heavy (non-hydrogen) atoms. The summed E-state index contributed by atoms with van der Waals surface area (Å²) in [5.74, 6) is 0.917. The maximum atomic E-state index is 8.98. The summed E-state index contributed by atoms with van der Waals surface area (Å²) >= 11 is 0. The van der Waals surface area contributed by atoms with Gasteiger partial charge in [-0.15, -0.1) is 0 Å². The molecule has 0 aliphatic carbocycles. The summed E-state index contributed by atoms with van der Waals surface area (Å²) in [5.41, 5.74) is 0. The minimum atomic E-state index is -2.31. The van der Waals surface area contributed by atoms with Crippen LogP contribution in [0.25, 0.3) is 0 Å². The molecule has 0 fully saturated rings. The first-order chi connectivity index (χ1) is 2.27. The van der Waals surface area contributed by atoms with Crippen LogP contribution < -0.4 is 69.2 Å². The van der Waals surface area contributed by atoms with Crippen LogP contribution in [0.2, 0.25) is 0 Å². The van der Waals surface area contributed by atoms with E-state index in [4.69, 9.17) is 15.3 Å². The Bertz CT molecular complexity index is 61.2. The molecule has 0 aliphatic rings. The summed E-state index contributed by atoms with van der Waals surface area (Å²) in [7, 11) is -2.31. The molecule has 0 aromatic carbocycles. The van der Waals surface area contributed by atoms with Crippen LogP contribution in [0.3, 0.4) is 0 Å². The third-order valence-electron chi connectivity index (χ3n) is 0.105. The van der Waals surface area contributed by atoms with Gasteiger partial charge in [0.05, 0.1) is 0 Å². The zero-order chi connectivity index (χ0) is 4.28. The summed E-state index contributed by atoms with van der Waals surface area (Å²) in [5, 5.41) is 25.2. The third kappa shape index (κ3) is 18.6. The quantitative estimate of drug-likeness (QED) is 0.294. The van der Waals surface area contributed by atoms with E-state index in [9.17, 15) is 0 Å². The van der Waals surface area contributed by atoms with Crippen molar-refractivity contribution in [2.45, 2.75) is 0 Å². The van der Waals surface area contributed by atoms with Gasteiger partial charge < -0.3 is 10.0 Å². The van der Waals surface area contributed by atoms with Crippen molar-refractivity contribution in [2.24, 2.45) is 0 Å². The summed E-state index contributed by atoms with van der Waals surface area (Å²) < 4.78 is 0. The fourth-order valence-corrected chi connectivity index (χ4v) is 0. The van der Waals surface area contributed by atoms with Crippen LogP contribution in [0, 0.1) is 11.2 Å². The molecule has 0 aromatic rings. The van der Waals surface area contributed by atoms with Crippen molar-refractivity contribution in [2.75, 3.05) is 0 Å². The van der Waals surface area contributed by atoms with E-state index >= 15 is 0 Å². The van der Waals surface area contributed by atoms with Gasteiger partial charge in [-0.2, -0.15) is 0 Å². The number of rotatable bonds is 0. The fraction of sp³-hybridized carbons (Fsp3) is 0. The van der Waals surface area contributed by atoms with Crippen molar-refractivity contribution < 1.29 is 69.2 Å². The first-order valence-electron chi connectivity index (χ1n) is 0.984. The van der Waals surface area contributed by atoms with Gasteiger partial charge in [0, 0.05) is 7.12 Å². The van der Waals surface area contributed by atoms with Gasteiger partial charge in [0.15, 0.2) is 0 Å². The second kappa shape index (κ2) is 10.5. The van der Waals surface area contributed by atoms with Gasteiger partial charge in [-0.05, 0) is 5.97 Å². The minimum absolute atomic E-state index is 0. The molecule has 3 nitrogen and oxygen atoms in total. The average molecular weight is 115 g/mol. The Morgan fingerprint density at radius 2 is 1.43 bits per heavy atom. The van der Waals surface area contributed by atoms with Crippen LogP contribution in [-0.4, -0.2) is 7.12 Å². The van der Waals surface area contributed by atoms with Gasteiger partial charge in [0.1, 0.15) is 0 Å². The molecule has 26 valence electrons. The predicted octanol–water partition coefficient (Wildman–Crippen LogP) is -8.73. The molecule has 0 amide bonds. The summed E-state index contributed by atoms with van der Waals surface area (Å²) in [6.45, 7) is 0. The first kappa shape index (κ1) is 15.8. The monoisotopic (exact) mass is 115 g/mol. The summed E-state index contributed by atoms with van der Waals surface area (Å²) in [4.78, 5) is 0. The van der Waals surface area contributed by atoms with E-state index in [1.54, 1.807) is 0 Å². The molecular weight excluding hydrogens is 115 g/mol. The average Bonchev–Trinajstić information content (AvgIpc) is 1.38.